The first-order valence-corrected chi connectivity index (χ1v) is 8.74. The minimum atomic E-state index is 0.366. The maximum Gasteiger partial charge on any atom is 0.138 e. The molecule has 0 saturated carbocycles. The van der Waals surface area contributed by atoms with Gasteiger partial charge in [-0.2, -0.15) is 0 Å². The van der Waals surface area contributed by atoms with Crippen molar-refractivity contribution in [2.45, 2.75) is 13.3 Å². The molecule has 0 aliphatic carbocycles. The number of phenols is 1. The van der Waals surface area contributed by atoms with Crippen LogP contribution in [-0.2, 0) is 6.42 Å². The van der Waals surface area contributed by atoms with E-state index in [1.807, 2.05) is 24.3 Å². The zero-order chi connectivity index (χ0) is 16.8. The van der Waals surface area contributed by atoms with Gasteiger partial charge in [0.1, 0.15) is 18.1 Å². The van der Waals surface area contributed by atoms with Crippen molar-refractivity contribution >= 4 is 5.69 Å². The van der Waals surface area contributed by atoms with E-state index in [1.54, 1.807) is 6.07 Å². The molecule has 2 aromatic rings. The molecular weight excluding hydrogens is 300 g/mol. The first kappa shape index (κ1) is 16.7. The Balaban J connectivity index is 1.45. The van der Waals surface area contributed by atoms with Crippen molar-refractivity contribution in [2.75, 3.05) is 44.2 Å². The van der Waals surface area contributed by atoms with Crippen molar-refractivity contribution in [3.05, 3.63) is 54.1 Å². The summed E-state index contributed by atoms with van der Waals surface area (Å²) < 4.78 is 5.97. The average Bonchev–Trinajstić information content (AvgIpc) is 2.63. The van der Waals surface area contributed by atoms with E-state index in [2.05, 4.69) is 34.9 Å². The molecule has 0 spiro atoms. The maximum atomic E-state index is 9.97. The van der Waals surface area contributed by atoms with E-state index in [9.17, 15) is 5.11 Å². The first-order valence-electron chi connectivity index (χ1n) is 8.74. The normalized spacial score (nSPS) is 15.5. The third-order valence-electron chi connectivity index (χ3n) is 4.61. The highest BCUT2D eigenvalue weighted by Crippen LogP contribution is 2.27. The van der Waals surface area contributed by atoms with Crippen LogP contribution in [0.3, 0.4) is 0 Å². The van der Waals surface area contributed by atoms with Gasteiger partial charge in [-0.3, -0.25) is 4.90 Å². The standard InChI is InChI=1S/C20H26N2O2/c1-2-17-7-3-6-10-20(17)24-16-15-21-11-13-22(14-12-21)18-8-4-5-9-19(18)23/h3-10,23H,2,11-16H2,1H3. The first-order chi connectivity index (χ1) is 11.8. The van der Waals surface area contributed by atoms with E-state index in [-0.39, 0.29) is 0 Å². The van der Waals surface area contributed by atoms with E-state index >= 15 is 0 Å². The fraction of sp³-hybridized carbons (Fsp3) is 0.400. The van der Waals surface area contributed by atoms with Crippen molar-refractivity contribution in [1.29, 1.82) is 0 Å². The van der Waals surface area contributed by atoms with Crippen LogP contribution in [-0.4, -0.2) is 49.3 Å². The predicted octanol–water partition coefficient (Wildman–Crippen LogP) is 3.16. The maximum absolute atomic E-state index is 9.97. The molecule has 4 heteroatoms. The SMILES string of the molecule is CCc1ccccc1OCCN1CCN(c2ccccc2O)CC1. The molecule has 0 bridgehead atoms. The molecule has 1 aliphatic rings. The Morgan fingerprint density at radius 2 is 1.67 bits per heavy atom. The van der Waals surface area contributed by atoms with Gasteiger partial charge >= 0.3 is 0 Å². The summed E-state index contributed by atoms with van der Waals surface area (Å²) in [5.74, 6) is 1.37. The van der Waals surface area contributed by atoms with Crippen molar-refractivity contribution in [1.82, 2.24) is 4.90 Å². The summed E-state index contributed by atoms with van der Waals surface area (Å²) in [6.45, 7) is 7.66. The summed E-state index contributed by atoms with van der Waals surface area (Å²) in [6, 6.07) is 15.8. The molecule has 0 amide bonds. The second kappa shape index (κ2) is 8.06. The Hall–Kier alpha value is -2.20. The Morgan fingerprint density at radius 3 is 2.42 bits per heavy atom. The number of hydrogen-bond acceptors (Lipinski definition) is 4. The number of aromatic hydroxyl groups is 1. The summed E-state index contributed by atoms with van der Waals surface area (Å²) >= 11 is 0. The van der Waals surface area contributed by atoms with Gasteiger partial charge in [0.25, 0.3) is 0 Å². The number of piperazine rings is 1. The molecule has 0 unspecified atom stereocenters. The average molecular weight is 326 g/mol. The molecule has 0 radical (unpaired) electrons. The fourth-order valence-electron chi connectivity index (χ4n) is 3.17. The molecule has 2 aromatic carbocycles. The number of hydrogen-bond donors (Lipinski definition) is 1. The summed E-state index contributed by atoms with van der Waals surface area (Å²) in [6.07, 6.45) is 0.995. The van der Waals surface area contributed by atoms with Gasteiger partial charge in [0, 0.05) is 32.7 Å². The van der Waals surface area contributed by atoms with E-state index in [4.69, 9.17) is 4.74 Å². The quantitative estimate of drug-likeness (QED) is 0.884. The molecule has 4 nitrogen and oxygen atoms in total. The van der Waals surface area contributed by atoms with Gasteiger partial charge in [-0.05, 0) is 30.2 Å². The monoisotopic (exact) mass is 326 g/mol. The number of benzene rings is 2. The lowest BCUT2D eigenvalue weighted by Gasteiger charge is -2.36. The fourth-order valence-corrected chi connectivity index (χ4v) is 3.17. The second-order valence-electron chi connectivity index (χ2n) is 6.13. The molecule has 1 saturated heterocycles. The highest BCUT2D eigenvalue weighted by molar-refractivity contribution is 5.57. The highest BCUT2D eigenvalue weighted by Gasteiger charge is 2.18. The minimum Gasteiger partial charge on any atom is -0.506 e. The van der Waals surface area contributed by atoms with Crippen LogP contribution in [0.5, 0.6) is 11.5 Å². The zero-order valence-corrected chi connectivity index (χ0v) is 14.3. The predicted molar refractivity (Wildman–Crippen MR) is 98.1 cm³/mol. The third-order valence-corrected chi connectivity index (χ3v) is 4.61. The molecule has 1 heterocycles. The topological polar surface area (TPSA) is 35.9 Å². The number of ether oxygens (including phenoxy) is 1. The summed E-state index contributed by atoms with van der Waals surface area (Å²) in [4.78, 5) is 4.67. The van der Waals surface area contributed by atoms with Crippen LogP contribution in [0, 0.1) is 0 Å². The van der Waals surface area contributed by atoms with E-state index in [0.29, 0.717) is 12.4 Å². The van der Waals surface area contributed by atoms with Gasteiger partial charge in [0.15, 0.2) is 0 Å². The Bertz CT molecular complexity index is 652. The Morgan fingerprint density at radius 1 is 0.958 bits per heavy atom. The molecule has 1 aliphatic heterocycles. The highest BCUT2D eigenvalue weighted by atomic mass is 16.5. The summed E-state index contributed by atoms with van der Waals surface area (Å²) in [5.41, 5.74) is 2.20. The van der Waals surface area contributed by atoms with Crippen molar-refractivity contribution in [3.8, 4) is 11.5 Å². The zero-order valence-electron chi connectivity index (χ0n) is 14.3. The lowest BCUT2D eigenvalue weighted by atomic mass is 10.1. The Kier molecular flexibility index (Phi) is 5.59. The van der Waals surface area contributed by atoms with Crippen LogP contribution >= 0.6 is 0 Å². The van der Waals surface area contributed by atoms with Gasteiger partial charge in [-0.25, -0.2) is 0 Å². The van der Waals surface area contributed by atoms with Gasteiger partial charge < -0.3 is 14.7 Å². The van der Waals surface area contributed by atoms with Crippen LogP contribution < -0.4 is 9.64 Å². The largest absolute Gasteiger partial charge is 0.506 e. The number of phenolic OH excluding ortho intramolecular Hbond substituents is 1. The molecule has 3 rings (SSSR count). The van der Waals surface area contributed by atoms with Crippen LogP contribution in [0.1, 0.15) is 12.5 Å². The number of nitrogens with zero attached hydrogens (tertiary/aromatic N) is 2. The minimum absolute atomic E-state index is 0.366. The molecule has 0 aromatic heterocycles. The van der Waals surface area contributed by atoms with E-state index in [0.717, 1.165) is 50.6 Å². The van der Waals surface area contributed by atoms with Gasteiger partial charge in [0.05, 0.1) is 5.69 Å². The lowest BCUT2D eigenvalue weighted by Crippen LogP contribution is -2.47. The van der Waals surface area contributed by atoms with Crippen LogP contribution in [0.25, 0.3) is 0 Å². The molecule has 0 atom stereocenters. The molecule has 1 fully saturated rings. The second-order valence-corrected chi connectivity index (χ2v) is 6.13. The van der Waals surface area contributed by atoms with Crippen molar-refractivity contribution in [2.24, 2.45) is 0 Å². The number of para-hydroxylation sites is 3. The molecule has 128 valence electrons. The van der Waals surface area contributed by atoms with Gasteiger partial charge in [-0.1, -0.05) is 37.3 Å². The van der Waals surface area contributed by atoms with Crippen LogP contribution in [0.15, 0.2) is 48.5 Å². The van der Waals surface area contributed by atoms with Gasteiger partial charge in [0.2, 0.25) is 0 Å². The van der Waals surface area contributed by atoms with Crippen molar-refractivity contribution in [3.63, 3.8) is 0 Å². The van der Waals surface area contributed by atoms with Gasteiger partial charge in [-0.15, -0.1) is 0 Å². The number of rotatable bonds is 6. The third kappa shape index (κ3) is 4.01. The van der Waals surface area contributed by atoms with Crippen LogP contribution in [0.4, 0.5) is 5.69 Å². The smallest absolute Gasteiger partial charge is 0.138 e. The molecular formula is C20H26N2O2. The number of anilines is 1. The molecule has 24 heavy (non-hydrogen) atoms. The van der Waals surface area contributed by atoms with Crippen molar-refractivity contribution < 1.29 is 9.84 Å². The summed E-state index contributed by atoms with van der Waals surface area (Å²) in [5, 5.41) is 9.97. The number of aryl methyl sites for hydroxylation is 1. The Labute approximate surface area is 144 Å². The van der Waals surface area contributed by atoms with E-state index in [1.165, 1.54) is 5.56 Å². The lowest BCUT2D eigenvalue weighted by molar-refractivity contribution is 0.199. The van der Waals surface area contributed by atoms with Crippen LogP contribution in [0.2, 0.25) is 0 Å². The van der Waals surface area contributed by atoms with E-state index < -0.39 is 0 Å². The molecule has 1 N–H and O–H groups in total. The summed E-state index contributed by atoms with van der Waals surface area (Å²) in [7, 11) is 0.